The average Bonchev–Trinajstić information content (AvgIpc) is 2.79. The molecule has 3 aromatic rings. The van der Waals surface area contributed by atoms with Crippen LogP contribution in [-0.2, 0) is 19.4 Å². The highest BCUT2D eigenvalue weighted by molar-refractivity contribution is 6.32. The van der Waals surface area contributed by atoms with Crippen LogP contribution in [0.25, 0.3) is 10.9 Å². The number of hydrogen-bond donors (Lipinski definition) is 2. The number of aryl methyl sites for hydroxylation is 1. The van der Waals surface area contributed by atoms with E-state index in [1.807, 2.05) is 12.1 Å². The zero-order chi connectivity index (χ0) is 21.4. The van der Waals surface area contributed by atoms with Crippen LogP contribution in [0.15, 0.2) is 35.3 Å². The second kappa shape index (κ2) is 8.52. The number of H-pyrrole nitrogens is 1. The number of pyridine rings is 2. The SMILES string of the molecule is CCc1cc(CN2CCN(c3ncccc3Cl)CC2)cc2[nH]c(=O)c3c(c12)NCCC3. The quantitative estimate of drug-likeness (QED) is 0.649. The van der Waals surface area contributed by atoms with E-state index in [0.717, 1.165) is 81.1 Å². The maximum Gasteiger partial charge on any atom is 0.253 e. The second-order valence-electron chi connectivity index (χ2n) is 8.44. The normalized spacial score (nSPS) is 16.9. The first-order valence-corrected chi connectivity index (χ1v) is 11.5. The van der Waals surface area contributed by atoms with Gasteiger partial charge < -0.3 is 15.2 Å². The summed E-state index contributed by atoms with van der Waals surface area (Å²) in [5.41, 5.74) is 5.51. The van der Waals surface area contributed by atoms with Crippen LogP contribution in [0.3, 0.4) is 0 Å². The molecular formula is C24H28ClN5O. The summed E-state index contributed by atoms with van der Waals surface area (Å²) < 4.78 is 0. The fourth-order valence-corrected chi connectivity index (χ4v) is 5.13. The van der Waals surface area contributed by atoms with Gasteiger partial charge in [-0.2, -0.15) is 0 Å². The molecule has 2 N–H and O–H groups in total. The number of aromatic amines is 1. The summed E-state index contributed by atoms with van der Waals surface area (Å²) in [5.74, 6) is 0.873. The molecule has 7 heteroatoms. The maximum absolute atomic E-state index is 12.6. The molecule has 2 aliphatic rings. The van der Waals surface area contributed by atoms with E-state index in [1.54, 1.807) is 6.20 Å². The van der Waals surface area contributed by atoms with Gasteiger partial charge in [-0.05, 0) is 48.6 Å². The van der Waals surface area contributed by atoms with Gasteiger partial charge in [0.25, 0.3) is 5.56 Å². The van der Waals surface area contributed by atoms with E-state index in [1.165, 1.54) is 16.5 Å². The van der Waals surface area contributed by atoms with Gasteiger partial charge >= 0.3 is 0 Å². The van der Waals surface area contributed by atoms with Gasteiger partial charge in [-0.1, -0.05) is 24.6 Å². The first kappa shape index (κ1) is 20.3. The minimum absolute atomic E-state index is 0.0507. The Labute approximate surface area is 187 Å². The van der Waals surface area contributed by atoms with Crippen LogP contribution in [0.4, 0.5) is 11.5 Å². The zero-order valence-corrected chi connectivity index (χ0v) is 18.6. The molecule has 0 aliphatic carbocycles. The van der Waals surface area contributed by atoms with Crippen LogP contribution in [0.1, 0.15) is 30.0 Å². The van der Waals surface area contributed by atoms with Gasteiger partial charge in [0, 0.05) is 56.4 Å². The molecule has 162 valence electrons. The minimum atomic E-state index is 0.0507. The van der Waals surface area contributed by atoms with E-state index in [2.05, 4.69) is 44.1 Å². The molecule has 1 fully saturated rings. The number of aromatic nitrogens is 2. The van der Waals surface area contributed by atoms with E-state index < -0.39 is 0 Å². The van der Waals surface area contributed by atoms with Crippen molar-refractivity contribution < 1.29 is 0 Å². The Hall–Kier alpha value is -2.57. The van der Waals surface area contributed by atoms with Crippen LogP contribution in [0.2, 0.25) is 5.02 Å². The molecule has 0 spiro atoms. The number of hydrogen-bond acceptors (Lipinski definition) is 5. The Morgan fingerprint density at radius 3 is 2.81 bits per heavy atom. The summed E-state index contributed by atoms with van der Waals surface area (Å²) in [5, 5.41) is 5.39. The third-order valence-corrected chi connectivity index (χ3v) is 6.75. The topological polar surface area (TPSA) is 64.3 Å². The molecule has 5 rings (SSSR count). The molecule has 0 bridgehead atoms. The van der Waals surface area contributed by atoms with E-state index in [-0.39, 0.29) is 5.56 Å². The summed E-state index contributed by atoms with van der Waals surface area (Å²) in [7, 11) is 0. The Morgan fingerprint density at radius 2 is 2.03 bits per heavy atom. The first-order chi connectivity index (χ1) is 15.1. The fraction of sp³-hybridized carbons (Fsp3) is 0.417. The molecule has 0 amide bonds. The standard InChI is InChI=1S/C24H28ClN5O/c1-2-17-13-16(14-20-21(17)22-18(24(31)28-20)5-3-7-26-22)15-29-9-11-30(12-10-29)23-19(25)6-4-8-27-23/h4,6,8,13-14,26H,2-3,5,7,9-12,15H2,1H3,(H,28,31). The lowest BCUT2D eigenvalue weighted by atomic mass is 9.95. The van der Waals surface area contributed by atoms with Gasteiger partial charge in [-0.3, -0.25) is 9.69 Å². The van der Waals surface area contributed by atoms with E-state index in [4.69, 9.17) is 11.6 Å². The molecule has 2 aliphatic heterocycles. The van der Waals surface area contributed by atoms with Crippen molar-refractivity contribution in [1.29, 1.82) is 0 Å². The molecule has 0 radical (unpaired) electrons. The number of rotatable bonds is 4. The lowest BCUT2D eigenvalue weighted by Gasteiger charge is -2.35. The van der Waals surface area contributed by atoms with Gasteiger partial charge in [0.2, 0.25) is 0 Å². The molecule has 4 heterocycles. The highest BCUT2D eigenvalue weighted by Crippen LogP contribution is 2.32. The zero-order valence-electron chi connectivity index (χ0n) is 17.9. The summed E-state index contributed by atoms with van der Waals surface area (Å²) in [6, 6.07) is 8.24. The fourth-order valence-electron chi connectivity index (χ4n) is 4.89. The number of anilines is 2. The van der Waals surface area contributed by atoms with E-state index in [0.29, 0.717) is 5.02 Å². The lowest BCUT2D eigenvalue weighted by Crippen LogP contribution is -2.46. The predicted molar refractivity (Wildman–Crippen MR) is 127 cm³/mol. The third-order valence-electron chi connectivity index (χ3n) is 6.46. The number of nitrogens with zero attached hydrogens (tertiary/aromatic N) is 3. The van der Waals surface area contributed by atoms with Crippen molar-refractivity contribution in [3.05, 3.63) is 62.5 Å². The van der Waals surface area contributed by atoms with Gasteiger partial charge in [0.15, 0.2) is 0 Å². The molecule has 0 saturated carbocycles. The van der Waals surface area contributed by atoms with Crippen molar-refractivity contribution in [2.24, 2.45) is 0 Å². The van der Waals surface area contributed by atoms with E-state index >= 15 is 0 Å². The van der Waals surface area contributed by atoms with Crippen molar-refractivity contribution >= 4 is 34.0 Å². The highest BCUT2D eigenvalue weighted by Gasteiger charge is 2.22. The van der Waals surface area contributed by atoms with Crippen molar-refractivity contribution in [3.8, 4) is 0 Å². The van der Waals surface area contributed by atoms with Gasteiger partial charge in [-0.25, -0.2) is 4.98 Å². The Balaban J connectivity index is 1.38. The Morgan fingerprint density at radius 1 is 1.19 bits per heavy atom. The largest absolute Gasteiger partial charge is 0.384 e. The van der Waals surface area contributed by atoms with Crippen molar-refractivity contribution in [3.63, 3.8) is 0 Å². The summed E-state index contributed by atoms with van der Waals surface area (Å²) in [4.78, 5) is 25.0. The molecular weight excluding hydrogens is 410 g/mol. The number of halogens is 1. The Bertz CT molecular complexity index is 1170. The second-order valence-corrected chi connectivity index (χ2v) is 8.85. The summed E-state index contributed by atoms with van der Waals surface area (Å²) >= 11 is 6.32. The van der Waals surface area contributed by atoms with Gasteiger partial charge in [0.05, 0.1) is 16.2 Å². The molecule has 0 unspecified atom stereocenters. The van der Waals surface area contributed by atoms with Crippen LogP contribution in [0, 0.1) is 0 Å². The van der Waals surface area contributed by atoms with Gasteiger partial charge in [-0.15, -0.1) is 0 Å². The predicted octanol–water partition coefficient (Wildman–Crippen LogP) is 3.82. The highest BCUT2D eigenvalue weighted by atomic mass is 35.5. The number of benzene rings is 1. The average molecular weight is 438 g/mol. The van der Waals surface area contributed by atoms with Crippen molar-refractivity contribution in [1.82, 2.24) is 14.9 Å². The van der Waals surface area contributed by atoms with E-state index in [9.17, 15) is 4.79 Å². The smallest absolute Gasteiger partial charge is 0.253 e. The van der Waals surface area contributed by atoms with Crippen LogP contribution in [0.5, 0.6) is 0 Å². The number of fused-ring (bicyclic) bond motifs is 3. The number of piperazine rings is 1. The molecule has 2 aromatic heterocycles. The van der Waals surface area contributed by atoms with Crippen molar-refractivity contribution in [2.75, 3.05) is 42.9 Å². The lowest BCUT2D eigenvalue weighted by molar-refractivity contribution is 0.249. The first-order valence-electron chi connectivity index (χ1n) is 11.2. The third kappa shape index (κ3) is 3.90. The monoisotopic (exact) mass is 437 g/mol. The van der Waals surface area contributed by atoms with Crippen LogP contribution < -0.4 is 15.8 Å². The summed E-state index contributed by atoms with van der Waals surface area (Å²) in [6.07, 6.45) is 4.60. The summed E-state index contributed by atoms with van der Waals surface area (Å²) in [6.45, 7) is 7.70. The molecule has 0 atom stereocenters. The Kier molecular flexibility index (Phi) is 5.59. The molecule has 1 saturated heterocycles. The molecule has 31 heavy (non-hydrogen) atoms. The minimum Gasteiger partial charge on any atom is -0.384 e. The van der Waals surface area contributed by atoms with Crippen LogP contribution >= 0.6 is 11.6 Å². The van der Waals surface area contributed by atoms with Crippen LogP contribution in [-0.4, -0.2) is 47.6 Å². The van der Waals surface area contributed by atoms with Gasteiger partial charge in [0.1, 0.15) is 5.82 Å². The molecule has 1 aromatic carbocycles. The maximum atomic E-state index is 12.6. The van der Waals surface area contributed by atoms with Crippen molar-refractivity contribution in [2.45, 2.75) is 32.7 Å². The molecule has 6 nitrogen and oxygen atoms in total. The number of nitrogens with one attached hydrogen (secondary N) is 2.